The number of halogens is 2. The molecule has 1 N–H and O–H groups in total. The molecule has 5 rings (SSSR count). The van der Waals surface area contributed by atoms with Crippen LogP contribution in [0.5, 0.6) is 5.75 Å². The van der Waals surface area contributed by atoms with Gasteiger partial charge in [0, 0.05) is 41.3 Å². The summed E-state index contributed by atoms with van der Waals surface area (Å²) in [5, 5.41) is 9.62. The summed E-state index contributed by atoms with van der Waals surface area (Å²) in [4.78, 5) is 40.1. The van der Waals surface area contributed by atoms with Crippen LogP contribution in [-0.4, -0.2) is 42.5 Å². The second kappa shape index (κ2) is 10.7. The van der Waals surface area contributed by atoms with E-state index in [0.717, 1.165) is 5.56 Å². The fourth-order valence-corrected chi connectivity index (χ4v) is 8.13. The summed E-state index contributed by atoms with van der Waals surface area (Å²) in [5.74, 6) is -1.91. The minimum atomic E-state index is -4.14. The van der Waals surface area contributed by atoms with E-state index in [4.69, 9.17) is 4.18 Å². The average Bonchev–Trinajstić information content (AvgIpc) is 2.87. The van der Waals surface area contributed by atoms with Crippen molar-refractivity contribution >= 4 is 59.5 Å². The summed E-state index contributed by atoms with van der Waals surface area (Å²) in [5.41, 5.74) is 3.71. The van der Waals surface area contributed by atoms with Crippen molar-refractivity contribution in [2.24, 2.45) is 0 Å². The van der Waals surface area contributed by atoms with Crippen LogP contribution in [0, 0.1) is 6.92 Å². The van der Waals surface area contributed by atoms with E-state index in [-0.39, 0.29) is 28.8 Å². The van der Waals surface area contributed by atoms with E-state index in [1.165, 1.54) is 12.1 Å². The van der Waals surface area contributed by atoms with Crippen LogP contribution in [-0.2, 0) is 24.5 Å². The number of benzene rings is 2. The molecular formula is C28H25Br2NO7S. The van der Waals surface area contributed by atoms with E-state index in [1.807, 2.05) is 6.92 Å². The molecule has 0 saturated carbocycles. The summed E-state index contributed by atoms with van der Waals surface area (Å²) in [6, 6.07) is 9.63. The number of hydrogen-bond donors (Lipinski definition) is 1. The number of aliphatic carboxylic acids is 1. The number of allylic oxidation sites excluding steroid dienone is 4. The maximum Gasteiger partial charge on any atom is 0.339 e. The van der Waals surface area contributed by atoms with Gasteiger partial charge in [-0.15, -0.1) is 0 Å². The number of rotatable bonds is 6. The van der Waals surface area contributed by atoms with Gasteiger partial charge < -0.3 is 14.2 Å². The largest absolute Gasteiger partial charge is 0.480 e. The molecular weight excluding hydrogens is 654 g/mol. The first-order valence-corrected chi connectivity index (χ1v) is 15.5. The zero-order valence-corrected chi connectivity index (χ0v) is 25.0. The van der Waals surface area contributed by atoms with Gasteiger partial charge in [0.25, 0.3) is 0 Å². The van der Waals surface area contributed by atoms with Crippen molar-refractivity contribution in [2.75, 3.05) is 6.54 Å². The fourth-order valence-electron chi connectivity index (χ4n) is 5.56. The van der Waals surface area contributed by atoms with Gasteiger partial charge in [0.15, 0.2) is 17.3 Å². The monoisotopic (exact) mass is 677 g/mol. The number of ketones is 2. The minimum absolute atomic E-state index is 0.00646. The first-order valence-electron chi connectivity index (χ1n) is 12.5. The Morgan fingerprint density at radius 2 is 1.46 bits per heavy atom. The third-order valence-electron chi connectivity index (χ3n) is 7.24. The molecule has 2 aromatic carbocycles. The van der Waals surface area contributed by atoms with E-state index >= 15 is 0 Å². The topological polar surface area (TPSA) is 118 Å². The zero-order chi connectivity index (χ0) is 28.1. The van der Waals surface area contributed by atoms with Crippen LogP contribution in [0.1, 0.15) is 55.6 Å². The molecule has 0 aromatic heterocycles. The van der Waals surface area contributed by atoms with Crippen molar-refractivity contribution < 1.29 is 32.1 Å². The number of nitrogens with zero attached hydrogens (tertiary/aromatic N) is 1. The Labute approximate surface area is 243 Å². The van der Waals surface area contributed by atoms with E-state index < -0.39 is 22.0 Å². The molecule has 39 heavy (non-hydrogen) atoms. The molecule has 1 aliphatic heterocycles. The normalized spacial score (nSPS) is 18.3. The van der Waals surface area contributed by atoms with E-state index in [2.05, 4.69) is 31.9 Å². The van der Waals surface area contributed by atoms with Crippen molar-refractivity contribution in [1.29, 1.82) is 0 Å². The molecule has 1 heterocycles. The number of hydrogen-bond acceptors (Lipinski definition) is 7. The number of carbonyl (C=O) groups is 3. The lowest BCUT2D eigenvalue weighted by Gasteiger charge is -2.43. The third-order valence-corrected chi connectivity index (χ3v) is 9.65. The molecule has 11 heteroatoms. The third kappa shape index (κ3) is 5.24. The molecule has 8 nitrogen and oxygen atoms in total. The highest BCUT2D eigenvalue weighted by molar-refractivity contribution is 9.11. The number of Topliss-reactive ketones (excluding diaryl/α,β-unsaturated/α-hetero) is 2. The highest BCUT2D eigenvalue weighted by Crippen LogP contribution is 2.50. The zero-order valence-electron chi connectivity index (χ0n) is 21.0. The lowest BCUT2D eigenvalue weighted by atomic mass is 9.71. The van der Waals surface area contributed by atoms with Crippen molar-refractivity contribution in [3.05, 3.63) is 79.0 Å². The highest BCUT2D eigenvalue weighted by Gasteiger charge is 2.44. The Bertz CT molecular complexity index is 1510. The number of carbonyl (C=O) groups excluding carboxylic acids is 2. The predicted molar refractivity (Wildman–Crippen MR) is 150 cm³/mol. The fraction of sp³-hybridized carbons (Fsp3) is 0.321. The molecule has 0 spiro atoms. The first-order chi connectivity index (χ1) is 18.5. The second-order valence-electron chi connectivity index (χ2n) is 9.85. The molecule has 0 amide bonds. The maximum absolute atomic E-state index is 13.3. The van der Waals surface area contributed by atoms with Gasteiger partial charge >= 0.3 is 16.1 Å². The van der Waals surface area contributed by atoms with Gasteiger partial charge in [-0.1, -0.05) is 17.7 Å². The van der Waals surface area contributed by atoms with E-state index in [9.17, 15) is 27.9 Å². The quantitative estimate of drug-likeness (QED) is 0.382. The molecule has 3 aliphatic rings. The number of carboxylic acids is 1. The maximum atomic E-state index is 13.3. The number of carboxylic acid groups (broad SMARTS) is 1. The molecule has 0 fully saturated rings. The van der Waals surface area contributed by atoms with Crippen LogP contribution < -0.4 is 4.18 Å². The van der Waals surface area contributed by atoms with Crippen molar-refractivity contribution in [2.45, 2.75) is 56.3 Å². The van der Waals surface area contributed by atoms with Crippen molar-refractivity contribution in [3.63, 3.8) is 0 Å². The molecule has 2 aromatic rings. The van der Waals surface area contributed by atoms with Crippen LogP contribution in [0.4, 0.5) is 0 Å². The van der Waals surface area contributed by atoms with Crippen LogP contribution in [0.3, 0.4) is 0 Å². The first kappa shape index (κ1) is 27.8. The minimum Gasteiger partial charge on any atom is -0.480 e. The Hall–Kier alpha value is -2.76. The molecule has 0 saturated heterocycles. The van der Waals surface area contributed by atoms with Crippen LogP contribution in [0.2, 0.25) is 0 Å². The van der Waals surface area contributed by atoms with E-state index in [0.29, 0.717) is 75.6 Å². The van der Waals surface area contributed by atoms with Gasteiger partial charge in [-0.2, -0.15) is 8.42 Å². The van der Waals surface area contributed by atoms with E-state index in [1.54, 1.807) is 29.2 Å². The molecule has 0 radical (unpaired) electrons. The van der Waals surface area contributed by atoms with Crippen molar-refractivity contribution in [3.8, 4) is 5.75 Å². The second-order valence-corrected chi connectivity index (χ2v) is 13.1. The highest BCUT2D eigenvalue weighted by atomic mass is 79.9. The SMILES string of the molecule is Cc1ccc(S(=O)(=O)Oc2c(Br)cc(C3C4=C(CCCC4=O)N(CC(=O)O)C4=C3C(=O)CCC4)cc2Br)cc1. The molecule has 0 bridgehead atoms. The lowest BCUT2D eigenvalue weighted by Crippen LogP contribution is -2.41. The van der Waals surface area contributed by atoms with Gasteiger partial charge in [0.1, 0.15) is 11.4 Å². The average molecular weight is 679 g/mol. The molecule has 0 atom stereocenters. The Morgan fingerprint density at radius 1 is 0.949 bits per heavy atom. The molecule has 0 unspecified atom stereocenters. The summed E-state index contributed by atoms with van der Waals surface area (Å²) in [6.07, 6.45) is 2.90. The Morgan fingerprint density at radius 3 is 1.95 bits per heavy atom. The molecule has 2 aliphatic carbocycles. The predicted octanol–water partition coefficient (Wildman–Crippen LogP) is 5.79. The lowest BCUT2D eigenvalue weighted by molar-refractivity contribution is -0.138. The smallest absolute Gasteiger partial charge is 0.339 e. The summed E-state index contributed by atoms with van der Waals surface area (Å²) in [7, 11) is -4.14. The van der Waals surface area contributed by atoms with Gasteiger partial charge in [0.05, 0.1) is 8.95 Å². The van der Waals surface area contributed by atoms with Crippen LogP contribution in [0.15, 0.2) is 72.8 Å². The van der Waals surface area contributed by atoms with Crippen LogP contribution >= 0.6 is 31.9 Å². The van der Waals surface area contributed by atoms with Crippen LogP contribution in [0.25, 0.3) is 0 Å². The standard InChI is InChI=1S/C28H25Br2NO7S/c1-15-8-10-17(11-9-15)39(36,37)38-28-18(29)12-16(13-19(28)30)25-26-20(4-2-6-22(26)32)31(14-24(34)35)21-5-3-7-23(33)27(21)25/h8-13,25H,2-7,14H2,1H3,(H,34,35). The summed E-state index contributed by atoms with van der Waals surface area (Å²) in [6.45, 7) is 1.53. The van der Waals surface area contributed by atoms with Gasteiger partial charge in [-0.25, -0.2) is 0 Å². The van der Waals surface area contributed by atoms with Gasteiger partial charge in [-0.05, 0) is 94.3 Å². The molecule has 204 valence electrons. The summed E-state index contributed by atoms with van der Waals surface area (Å²) < 4.78 is 32.1. The van der Waals surface area contributed by atoms with Crippen molar-refractivity contribution in [1.82, 2.24) is 4.90 Å². The summed E-state index contributed by atoms with van der Waals surface area (Å²) >= 11 is 6.89. The number of aryl methyl sites for hydroxylation is 1. The Kier molecular flexibility index (Phi) is 7.60. The Balaban J connectivity index is 1.62. The van der Waals surface area contributed by atoms with Gasteiger partial charge in [0.2, 0.25) is 0 Å². The van der Waals surface area contributed by atoms with Gasteiger partial charge in [-0.3, -0.25) is 14.4 Å².